The largest absolute Gasteiger partial charge is 0.462 e. The number of esters is 1. The van der Waals surface area contributed by atoms with Gasteiger partial charge in [0.15, 0.2) is 0 Å². The lowest BCUT2D eigenvalue weighted by atomic mass is 9.96. The molecule has 2 amide bonds. The van der Waals surface area contributed by atoms with Gasteiger partial charge in [0.05, 0.1) is 24.5 Å². The number of piperidine rings is 1. The molecule has 0 radical (unpaired) electrons. The van der Waals surface area contributed by atoms with Crippen LogP contribution in [0.25, 0.3) is 0 Å². The SMILES string of the molecule is CCCOC(=O)c1ccc(NC(=O)C2CCCN(C(=O)Cc3ccc(F)cc3)C2)cc1. The zero-order valence-corrected chi connectivity index (χ0v) is 17.6. The summed E-state index contributed by atoms with van der Waals surface area (Å²) in [5, 5.41) is 2.87. The van der Waals surface area contributed by atoms with Gasteiger partial charge in [-0.1, -0.05) is 19.1 Å². The summed E-state index contributed by atoms with van der Waals surface area (Å²) >= 11 is 0. The molecule has 0 spiro atoms. The fourth-order valence-corrected chi connectivity index (χ4v) is 3.52. The van der Waals surface area contributed by atoms with E-state index in [1.54, 1.807) is 41.3 Å². The molecule has 1 atom stereocenters. The highest BCUT2D eigenvalue weighted by atomic mass is 19.1. The van der Waals surface area contributed by atoms with E-state index in [1.165, 1.54) is 12.1 Å². The molecule has 0 aliphatic carbocycles. The summed E-state index contributed by atoms with van der Waals surface area (Å²) in [6, 6.07) is 12.4. The second-order valence-electron chi connectivity index (χ2n) is 7.68. The van der Waals surface area contributed by atoms with Gasteiger partial charge >= 0.3 is 5.97 Å². The number of halogens is 1. The maximum absolute atomic E-state index is 13.0. The molecule has 1 aliphatic rings. The smallest absolute Gasteiger partial charge is 0.338 e. The lowest BCUT2D eigenvalue weighted by Crippen LogP contribution is -2.44. The molecule has 6 nitrogen and oxygen atoms in total. The molecular formula is C24H27FN2O4. The molecule has 1 saturated heterocycles. The van der Waals surface area contributed by atoms with Crippen LogP contribution in [0.1, 0.15) is 42.1 Å². The van der Waals surface area contributed by atoms with Crippen LogP contribution >= 0.6 is 0 Å². The van der Waals surface area contributed by atoms with Gasteiger partial charge in [-0.15, -0.1) is 0 Å². The summed E-state index contributed by atoms with van der Waals surface area (Å²) in [5.41, 5.74) is 1.77. The van der Waals surface area contributed by atoms with Crippen molar-refractivity contribution >= 4 is 23.5 Å². The number of carbonyl (C=O) groups is 3. The predicted molar refractivity (Wildman–Crippen MR) is 115 cm³/mol. The number of anilines is 1. The highest BCUT2D eigenvalue weighted by Crippen LogP contribution is 2.20. The van der Waals surface area contributed by atoms with Crippen molar-refractivity contribution in [1.82, 2.24) is 4.90 Å². The molecule has 7 heteroatoms. The van der Waals surface area contributed by atoms with Gasteiger partial charge in [-0.3, -0.25) is 9.59 Å². The normalized spacial score (nSPS) is 15.9. The number of hydrogen-bond donors (Lipinski definition) is 1. The highest BCUT2D eigenvalue weighted by molar-refractivity contribution is 5.94. The van der Waals surface area contributed by atoms with Gasteiger partial charge < -0.3 is 15.0 Å². The topological polar surface area (TPSA) is 75.7 Å². The molecule has 0 aromatic heterocycles. The summed E-state index contributed by atoms with van der Waals surface area (Å²) in [5.74, 6) is -1.25. The lowest BCUT2D eigenvalue weighted by molar-refractivity contribution is -0.133. The molecule has 2 aromatic carbocycles. The van der Waals surface area contributed by atoms with E-state index >= 15 is 0 Å². The van der Waals surface area contributed by atoms with Crippen LogP contribution in [-0.4, -0.2) is 42.4 Å². The molecule has 31 heavy (non-hydrogen) atoms. The van der Waals surface area contributed by atoms with Crippen molar-refractivity contribution in [3.63, 3.8) is 0 Å². The summed E-state index contributed by atoms with van der Waals surface area (Å²) in [6.07, 6.45) is 2.39. The van der Waals surface area contributed by atoms with E-state index in [0.717, 1.165) is 18.4 Å². The number of likely N-dealkylation sites (tertiary alicyclic amines) is 1. The molecule has 0 saturated carbocycles. The number of nitrogens with zero attached hydrogens (tertiary/aromatic N) is 1. The fraction of sp³-hybridized carbons (Fsp3) is 0.375. The Morgan fingerprint density at radius 2 is 1.81 bits per heavy atom. The van der Waals surface area contributed by atoms with Crippen LogP contribution in [0.15, 0.2) is 48.5 Å². The lowest BCUT2D eigenvalue weighted by Gasteiger charge is -2.32. The van der Waals surface area contributed by atoms with Gasteiger partial charge in [0.25, 0.3) is 0 Å². The molecular weight excluding hydrogens is 399 g/mol. The first-order chi connectivity index (χ1) is 15.0. The van der Waals surface area contributed by atoms with Crippen LogP contribution in [0.3, 0.4) is 0 Å². The van der Waals surface area contributed by atoms with Crippen molar-refractivity contribution in [2.45, 2.75) is 32.6 Å². The minimum atomic E-state index is -0.387. The van der Waals surface area contributed by atoms with Gasteiger partial charge in [0.1, 0.15) is 5.82 Å². The number of hydrogen-bond acceptors (Lipinski definition) is 4. The predicted octanol–water partition coefficient (Wildman–Crippen LogP) is 3.81. The molecule has 164 valence electrons. The van der Waals surface area contributed by atoms with E-state index in [9.17, 15) is 18.8 Å². The van der Waals surface area contributed by atoms with Crippen molar-refractivity contribution in [1.29, 1.82) is 0 Å². The van der Waals surface area contributed by atoms with Crippen molar-refractivity contribution in [2.75, 3.05) is 25.0 Å². The van der Waals surface area contributed by atoms with Crippen molar-refractivity contribution in [3.8, 4) is 0 Å². The Morgan fingerprint density at radius 3 is 2.48 bits per heavy atom. The Bertz CT molecular complexity index is 912. The molecule has 1 unspecified atom stereocenters. The van der Waals surface area contributed by atoms with Gasteiger partial charge in [-0.2, -0.15) is 0 Å². The van der Waals surface area contributed by atoms with Crippen LogP contribution in [0.2, 0.25) is 0 Å². The Balaban J connectivity index is 1.53. The van der Waals surface area contributed by atoms with Gasteiger partial charge in [-0.25, -0.2) is 9.18 Å². The Morgan fingerprint density at radius 1 is 1.10 bits per heavy atom. The second-order valence-corrected chi connectivity index (χ2v) is 7.68. The van der Waals surface area contributed by atoms with E-state index < -0.39 is 0 Å². The van der Waals surface area contributed by atoms with Gasteiger partial charge in [0, 0.05) is 18.8 Å². The maximum Gasteiger partial charge on any atom is 0.338 e. The molecule has 1 heterocycles. The Labute approximate surface area is 181 Å². The number of benzene rings is 2. The second kappa shape index (κ2) is 10.7. The number of nitrogens with one attached hydrogen (secondary N) is 1. The van der Waals surface area contributed by atoms with Crippen LogP contribution in [0, 0.1) is 11.7 Å². The van der Waals surface area contributed by atoms with E-state index in [0.29, 0.717) is 37.4 Å². The van der Waals surface area contributed by atoms with Crippen LogP contribution in [0.4, 0.5) is 10.1 Å². The average Bonchev–Trinajstić information content (AvgIpc) is 2.79. The summed E-state index contributed by atoms with van der Waals surface area (Å²) < 4.78 is 18.1. The molecule has 0 bridgehead atoms. The Kier molecular flexibility index (Phi) is 7.76. The van der Waals surface area contributed by atoms with E-state index in [2.05, 4.69) is 5.32 Å². The minimum absolute atomic E-state index is 0.0703. The third-order valence-corrected chi connectivity index (χ3v) is 5.24. The van der Waals surface area contributed by atoms with Gasteiger partial charge in [0.2, 0.25) is 11.8 Å². The summed E-state index contributed by atoms with van der Waals surface area (Å²) in [7, 11) is 0. The number of ether oxygens (including phenoxy) is 1. The van der Waals surface area contributed by atoms with E-state index in [4.69, 9.17) is 4.74 Å². The first-order valence-electron chi connectivity index (χ1n) is 10.6. The van der Waals surface area contributed by atoms with Gasteiger partial charge in [-0.05, 0) is 61.2 Å². The summed E-state index contributed by atoms with van der Waals surface area (Å²) in [4.78, 5) is 38.9. The fourth-order valence-electron chi connectivity index (χ4n) is 3.52. The van der Waals surface area contributed by atoms with Crippen LogP contribution in [-0.2, 0) is 20.7 Å². The highest BCUT2D eigenvalue weighted by Gasteiger charge is 2.28. The zero-order chi connectivity index (χ0) is 22.2. The van der Waals surface area contributed by atoms with E-state index in [-0.39, 0.29) is 35.9 Å². The minimum Gasteiger partial charge on any atom is -0.462 e. The third-order valence-electron chi connectivity index (χ3n) is 5.24. The summed E-state index contributed by atoms with van der Waals surface area (Å²) in [6.45, 7) is 3.26. The monoisotopic (exact) mass is 426 g/mol. The number of rotatable bonds is 7. The molecule has 1 N–H and O–H groups in total. The quantitative estimate of drug-likeness (QED) is 0.683. The molecule has 3 rings (SSSR count). The third kappa shape index (κ3) is 6.38. The average molecular weight is 426 g/mol. The molecule has 1 fully saturated rings. The Hall–Kier alpha value is -3.22. The van der Waals surface area contributed by atoms with Crippen LogP contribution in [0.5, 0.6) is 0 Å². The molecule has 1 aliphatic heterocycles. The number of amides is 2. The zero-order valence-electron chi connectivity index (χ0n) is 17.6. The number of carbonyl (C=O) groups excluding carboxylic acids is 3. The van der Waals surface area contributed by atoms with Crippen molar-refractivity contribution < 1.29 is 23.5 Å². The maximum atomic E-state index is 13.0. The first kappa shape index (κ1) is 22.5. The van der Waals surface area contributed by atoms with Crippen molar-refractivity contribution in [2.24, 2.45) is 5.92 Å². The molecule has 2 aromatic rings. The standard InChI is InChI=1S/C24H27FN2O4/c1-2-14-31-24(30)18-7-11-21(12-8-18)26-23(29)19-4-3-13-27(16-19)22(28)15-17-5-9-20(25)10-6-17/h5-12,19H,2-4,13-16H2,1H3,(H,26,29). The van der Waals surface area contributed by atoms with E-state index in [1.807, 2.05) is 6.92 Å². The van der Waals surface area contributed by atoms with Crippen molar-refractivity contribution in [3.05, 3.63) is 65.5 Å². The van der Waals surface area contributed by atoms with Crippen LogP contribution < -0.4 is 5.32 Å². The first-order valence-corrected chi connectivity index (χ1v) is 10.6.